The van der Waals surface area contributed by atoms with Crippen LogP contribution in [0.2, 0.25) is 0 Å². The predicted octanol–water partition coefficient (Wildman–Crippen LogP) is 1.31. The van der Waals surface area contributed by atoms with Gasteiger partial charge in [-0.15, -0.1) is 0 Å². The lowest BCUT2D eigenvalue weighted by Crippen LogP contribution is -2.66. The van der Waals surface area contributed by atoms with Crippen molar-refractivity contribution in [3.63, 3.8) is 0 Å². The van der Waals surface area contributed by atoms with E-state index in [1.54, 1.807) is 20.8 Å². The van der Waals surface area contributed by atoms with Crippen LogP contribution in [0.1, 0.15) is 40.0 Å². The normalized spacial score (nSPS) is 36.9. The molecular formula is C13H20FNO5. The summed E-state index contributed by atoms with van der Waals surface area (Å²) in [6.07, 6.45) is -1.72. The number of rotatable bonds is 1. The highest BCUT2D eigenvalue weighted by Crippen LogP contribution is 2.44. The molecule has 2 N–H and O–H groups in total. The highest BCUT2D eigenvalue weighted by molar-refractivity contribution is 5.82. The van der Waals surface area contributed by atoms with Crippen molar-refractivity contribution in [3.05, 3.63) is 0 Å². The minimum Gasteiger partial charge on any atom is -0.479 e. The number of aliphatic carboxylic acids is 1. The van der Waals surface area contributed by atoms with Gasteiger partial charge in [-0.3, -0.25) is 4.90 Å². The molecule has 0 aromatic rings. The third kappa shape index (κ3) is 2.24. The van der Waals surface area contributed by atoms with Crippen molar-refractivity contribution < 1.29 is 28.9 Å². The summed E-state index contributed by atoms with van der Waals surface area (Å²) < 4.78 is 19.9. The average molecular weight is 289 g/mol. The van der Waals surface area contributed by atoms with E-state index in [2.05, 4.69) is 0 Å². The second kappa shape index (κ2) is 4.58. The van der Waals surface area contributed by atoms with E-state index in [0.717, 1.165) is 4.90 Å². The van der Waals surface area contributed by atoms with Crippen LogP contribution >= 0.6 is 0 Å². The molecule has 0 saturated carbocycles. The SMILES string of the molecule is CC(C)(C)OC(=O)N1C2CCC1C(F)(C(=O)O)C(O)C2. The zero-order valence-electron chi connectivity index (χ0n) is 11.8. The Morgan fingerprint density at radius 2 is 1.95 bits per heavy atom. The zero-order valence-corrected chi connectivity index (χ0v) is 11.8. The Morgan fingerprint density at radius 1 is 1.35 bits per heavy atom. The molecule has 20 heavy (non-hydrogen) atoms. The Kier molecular flexibility index (Phi) is 3.44. The highest BCUT2D eigenvalue weighted by Gasteiger charge is 2.64. The Morgan fingerprint density at radius 3 is 2.45 bits per heavy atom. The van der Waals surface area contributed by atoms with E-state index in [0.29, 0.717) is 6.42 Å². The molecule has 0 aromatic carbocycles. The lowest BCUT2D eigenvalue weighted by molar-refractivity contribution is -0.173. The van der Waals surface area contributed by atoms with E-state index < -0.39 is 35.5 Å². The third-order valence-corrected chi connectivity index (χ3v) is 3.90. The number of piperidine rings is 1. The maximum Gasteiger partial charge on any atom is 0.410 e. The molecule has 2 rings (SSSR count). The first-order valence-corrected chi connectivity index (χ1v) is 6.69. The lowest BCUT2D eigenvalue weighted by Gasteiger charge is -2.44. The lowest BCUT2D eigenvalue weighted by atomic mass is 9.84. The molecular weight excluding hydrogens is 269 g/mol. The number of aliphatic hydroxyl groups is 1. The topological polar surface area (TPSA) is 87.1 Å². The molecule has 114 valence electrons. The quantitative estimate of drug-likeness (QED) is 0.760. The van der Waals surface area contributed by atoms with Crippen LogP contribution in [0.3, 0.4) is 0 Å². The van der Waals surface area contributed by atoms with Crippen molar-refractivity contribution in [3.8, 4) is 0 Å². The number of amides is 1. The number of ether oxygens (including phenoxy) is 1. The summed E-state index contributed by atoms with van der Waals surface area (Å²) in [5.74, 6) is -1.73. The molecule has 2 bridgehead atoms. The summed E-state index contributed by atoms with van der Waals surface area (Å²) in [5, 5.41) is 18.9. The standard InChI is InChI=1S/C13H20FNO5/c1-12(2,3)20-11(19)15-7-4-5-8(15)13(14,10(17)18)9(16)6-7/h7-9,16H,4-6H2,1-3H3,(H,17,18). The number of alkyl halides is 1. The molecule has 2 aliphatic heterocycles. The van der Waals surface area contributed by atoms with Gasteiger partial charge in [0.05, 0.1) is 6.04 Å². The number of halogens is 1. The summed E-state index contributed by atoms with van der Waals surface area (Å²) >= 11 is 0. The van der Waals surface area contributed by atoms with E-state index in [-0.39, 0.29) is 18.9 Å². The molecule has 0 spiro atoms. The van der Waals surface area contributed by atoms with Gasteiger partial charge in [-0.05, 0) is 40.0 Å². The largest absolute Gasteiger partial charge is 0.479 e. The first-order valence-electron chi connectivity index (χ1n) is 6.69. The number of carbonyl (C=O) groups excluding carboxylic acids is 1. The first kappa shape index (κ1) is 15.0. The van der Waals surface area contributed by atoms with Gasteiger partial charge >= 0.3 is 12.1 Å². The number of fused-ring (bicyclic) bond motifs is 2. The molecule has 4 unspecified atom stereocenters. The van der Waals surface area contributed by atoms with Gasteiger partial charge < -0.3 is 14.9 Å². The molecule has 0 aliphatic carbocycles. The number of carboxylic acids is 1. The van der Waals surface area contributed by atoms with Crippen LogP contribution in [-0.2, 0) is 9.53 Å². The van der Waals surface area contributed by atoms with Crippen LogP contribution in [0.5, 0.6) is 0 Å². The number of hydrogen-bond acceptors (Lipinski definition) is 4. The summed E-state index contributed by atoms with van der Waals surface area (Å²) in [4.78, 5) is 24.5. The molecule has 2 saturated heterocycles. The fourth-order valence-electron chi connectivity index (χ4n) is 3.05. The maximum absolute atomic E-state index is 14.7. The number of carboxylic acid groups (broad SMARTS) is 1. The predicted molar refractivity (Wildman–Crippen MR) is 67.0 cm³/mol. The molecule has 6 nitrogen and oxygen atoms in total. The summed E-state index contributed by atoms with van der Waals surface area (Å²) in [6.45, 7) is 5.06. The van der Waals surface area contributed by atoms with Crippen LogP contribution in [0.25, 0.3) is 0 Å². The van der Waals surface area contributed by atoms with Crippen LogP contribution in [0, 0.1) is 0 Å². The van der Waals surface area contributed by atoms with Crippen molar-refractivity contribution >= 4 is 12.1 Å². The summed E-state index contributed by atoms with van der Waals surface area (Å²) in [6, 6.07) is -1.54. The molecule has 2 heterocycles. The van der Waals surface area contributed by atoms with Crippen LogP contribution < -0.4 is 0 Å². The van der Waals surface area contributed by atoms with Gasteiger partial charge in [0, 0.05) is 6.04 Å². The van der Waals surface area contributed by atoms with Crippen LogP contribution in [0.4, 0.5) is 9.18 Å². The van der Waals surface area contributed by atoms with Crippen molar-refractivity contribution in [2.75, 3.05) is 0 Å². The van der Waals surface area contributed by atoms with Gasteiger partial charge in [0.2, 0.25) is 0 Å². The number of carbonyl (C=O) groups is 2. The number of aliphatic hydroxyl groups excluding tert-OH is 1. The van der Waals surface area contributed by atoms with E-state index in [1.165, 1.54) is 0 Å². The zero-order chi connectivity index (χ0) is 15.3. The van der Waals surface area contributed by atoms with Crippen molar-refractivity contribution in [2.45, 2.75) is 69.5 Å². The van der Waals surface area contributed by atoms with Crippen molar-refractivity contribution in [1.29, 1.82) is 0 Å². The highest BCUT2D eigenvalue weighted by atomic mass is 19.1. The Hall–Kier alpha value is -1.37. The minimum atomic E-state index is -2.83. The molecule has 1 amide bonds. The van der Waals surface area contributed by atoms with Crippen molar-refractivity contribution in [2.24, 2.45) is 0 Å². The smallest absolute Gasteiger partial charge is 0.410 e. The molecule has 7 heteroatoms. The van der Waals surface area contributed by atoms with Gasteiger partial charge in [-0.25, -0.2) is 14.0 Å². The van der Waals surface area contributed by atoms with Gasteiger partial charge in [0.1, 0.15) is 11.7 Å². The second-order valence-electron chi connectivity index (χ2n) is 6.46. The Balaban J connectivity index is 2.28. The molecule has 2 aliphatic rings. The van der Waals surface area contributed by atoms with Gasteiger partial charge in [0.25, 0.3) is 5.67 Å². The van der Waals surface area contributed by atoms with E-state index in [1.807, 2.05) is 0 Å². The van der Waals surface area contributed by atoms with E-state index in [9.17, 15) is 19.1 Å². The summed E-state index contributed by atoms with van der Waals surface area (Å²) in [5.41, 5.74) is -3.57. The molecule has 0 radical (unpaired) electrons. The molecule has 0 aromatic heterocycles. The fraction of sp³-hybridized carbons (Fsp3) is 0.846. The van der Waals surface area contributed by atoms with Crippen LogP contribution in [0.15, 0.2) is 0 Å². The van der Waals surface area contributed by atoms with Gasteiger partial charge in [-0.2, -0.15) is 0 Å². The van der Waals surface area contributed by atoms with Crippen LogP contribution in [-0.4, -0.2) is 56.6 Å². The maximum atomic E-state index is 14.7. The van der Waals surface area contributed by atoms with Crippen molar-refractivity contribution in [1.82, 2.24) is 4.90 Å². The summed E-state index contributed by atoms with van der Waals surface area (Å²) in [7, 11) is 0. The van der Waals surface area contributed by atoms with Gasteiger partial charge in [0.15, 0.2) is 0 Å². The first-order chi connectivity index (χ1) is 9.07. The van der Waals surface area contributed by atoms with E-state index >= 15 is 0 Å². The monoisotopic (exact) mass is 289 g/mol. The van der Waals surface area contributed by atoms with Gasteiger partial charge in [-0.1, -0.05) is 0 Å². The number of hydrogen-bond donors (Lipinski definition) is 2. The number of nitrogens with zero attached hydrogens (tertiary/aromatic N) is 1. The third-order valence-electron chi connectivity index (χ3n) is 3.90. The molecule has 2 fully saturated rings. The minimum absolute atomic E-state index is 0.0848. The second-order valence-corrected chi connectivity index (χ2v) is 6.46. The Labute approximate surface area is 116 Å². The van der Waals surface area contributed by atoms with E-state index in [4.69, 9.17) is 9.84 Å². The Bertz CT molecular complexity index is 435. The fourth-order valence-corrected chi connectivity index (χ4v) is 3.05. The average Bonchev–Trinajstić information content (AvgIpc) is 2.63. The molecule has 4 atom stereocenters.